The van der Waals surface area contributed by atoms with Gasteiger partial charge in [-0.15, -0.1) is 0 Å². The van der Waals surface area contributed by atoms with Gasteiger partial charge >= 0.3 is 5.97 Å². The SMILES string of the molecule is C=C(C)C(=O)OCCCCCCC(=C)C(=O)C(C)(C(C)C)C(C)(C)C. The van der Waals surface area contributed by atoms with E-state index in [0.717, 1.165) is 37.7 Å². The predicted octanol–water partition coefficient (Wildman–Crippen LogP) is 5.89. The zero-order valence-electron chi connectivity index (χ0n) is 17.5. The molecular formula is C22H38O3. The largest absolute Gasteiger partial charge is 0.462 e. The van der Waals surface area contributed by atoms with Crippen molar-refractivity contribution in [1.29, 1.82) is 0 Å². The first-order valence-corrected chi connectivity index (χ1v) is 9.41. The van der Waals surface area contributed by atoms with Crippen LogP contribution in [-0.4, -0.2) is 18.4 Å². The van der Waals surface area contributed by atoms with Gasteiger partial charge in [-0.3, -0.25) is 4.79 Å². The van der Waals surface area contributed by atoms with Crippen LogP contribution in [0.5, 0.6) is 0 Å². The first-order valence-electron chi connectivity index (χ1n) is 9.41. The van der Waals surface area contributed by atoms with Gasteiger partial charge in [0.25, 0.3) is 0 Å². The van der Waals surface area contributed by atoms with Crippen LogP contribution in [0.15, 0.2) is 24.3 Å². The number of hydrogen-bond acceptors (Lipinski definition) is 3. The van der Waals surface area contributed by atoms with Gasteiger partial charge in [0.2, 0.25) is 0 Å². The van der Waals surface area contributed by atoms with E-state index in [9.17, 15) is 9.59 Å². The number of allylic oxidation sites excluding steroid dienone is 1. The van der Waals surface area contributed by atoms with Crippen LogP contribution in [0.1, 0.15) is 80.6 Å². The summed E-state index contributed by atoms with van der Waals surface area (Å²) >= 11 is 0. The Morgan fingerprint density at radius 1 is 0.960 bits per heavy atom. The van der Waals surface area contributed by atoms with Crippen LogP contribution < -0.4 is 0 Å². The van der Waals surface area contributed by atoms with Gasteiger partial charge in [-0.2, -0.15) is 0 Å². The lowest BCUT2D eigenvalue weighted by atomic mass is 9.58. The Morgan fingerprint density at radius 2 is 1.48 bits per heavy atom. The van der Waals surface area contributed by atoms with Gasteiger partial charge in [0.1, 0.15) is 0 Å². The van der Waals surface area contributed by atoms with Gasteiger partial charge in [0.05, 0.1) is 6.61 Å². The van der Waals surface area contributed by atoms with Crippen molar-refractivity contribution in [2.45, 2.75) is 80.6 Å². The molecule has 0 aromatic carbocycles. The fourth-order valence-electron chi connectivity index (χ4n) is 3.03. The highest BCUT2D eigenvalue weighted by molar-refractivity contribution is 5.99. The molecule has 3 nitrogen and oxygen atoms in total. The van der Waals surface area contributed by atoms with E-state index in [0.29, 0.717) is 12.2 Å². The van der Waals surface area contributed by atoms with Crippen molar-refractivity contribution in [2.24, 2.45) is 16.7 Å². The lowest BCUT2D eigenvalue weighted by molar-refractivity contribution is -0.139. The van der Waals surface area contributed by atoms with E-state index in [2.05, 4.69) is 54.7 Å². The Hall–Kier alpha value is -1.38. The predicted molar refractivity (Wildman–Crippen MR) is 105 cm³/mol. The van der Waals surface area contributed by atoms with E-state index < -0.39 is 5.41 Å². The van der Waals surface area contributed by atoms with Crippen molar-refractivity contribution in [3.05, 3.63) is 24.3 Å². The van der Waals surface area contributed by atoms with Gasteiger partial charge in [-0.25, -0.2) is 4.79 Å². The number of esters is 1. The standard InChI is InChI=1S/C22H38O3/c1-16(2)20(24)25-15-13-11-10-12-14-18(5)19(23)22(9,17(3)4)21(6,7)8/h17H,1,5,10-15H2,2-4,6-9H3. The van der Waals surface area contributed by atoms with Gasteiger partial charge in [0.15, 0.2) is 5.78 Å². The van der Waals surface area contributed by atoms with Crippen molar-refractivity contribution < 1.29 is 14.3 Å². The summed E-state index contributed by atoms with van der Waals surface area (Å²) in [7, 11) is 0. The molecule has 0 spiro atoms. The normalized spacial score (nSPS) is 14.1. The number of rotatable bonds is 11. The van der Waals surface area contributed by atoms with Crippen LogP contribution in [0.2, 0.25) is 0 Å². The molecule has 0 radical (unpaired) electrons. The number of carbonyl (C=O) groups is 2. The molecule has 0 rings (SSSR count). The van der Waals surface area contributed by atoms with Crippen LogP contribution in [0.3, 0.4) is 0 Å². The molecule has 0 aliphatic heterocycles. The highest BCUT2D eigenvalue weighted by Crippen LogP contribution is 2.46. The van der Waals surface area contributed by atoms with Gasteiger partial charge in [0, 0.05) is 11.0 Å². The van der Waals surface area contributed by atoms with Gasteiger partial charge in [-0.05, 0) is 43.1 Å². The summed E-state index contributed by atoms with van der Waals surface area (Å²) in [4.78, 5) is 24.2. The molecule has 0 aliphatic rings. The third-order valence-corrected chi connectivity index (χ3v) is 5.46. The minimum atomic E-state index is -0.402. The molecule has 0 heterocycles. The summed E-state index contributed by atoms with van der Waals surface area (Å²) in [5.41, 5.74) is 0.663. The van der Waals surface area contributed by atoms with Crippen LogP contribution in [0, 0.1) is 16.7 Å². The fourth-order valence-corrected chi connectivity index (χ4v) is 3.03. The third kappa shape index (κ3) is 6.80. The Labute approximate surface area is 154 Å². The zero-order valence-corrected chi connectivity index (χ0v) is 17.5. The Kier molecular flexibility index (Phi) is 9.39. The number of carbonyl (C=O) groups excluding carboxylic acids is 2. The molecule has 0 N–H and O–H groups in total. The quantitative estimate of drug-likeness (QED) is 0.265. The van der Waals surface area contributed by atoms with Crippen molar-refractivity contribution >= 4 is 11.8 Å². The maximum atomic E-state index is 13.0. The Balaban J connectivity index is 4.28. The summed E-state index contributed by atoms with van der Waals surface area (Å²) in [6.07, 6.45) is 4.50. The molecule has 0 saturated heterocycles. The van der Waals surface area contributed by atoms with Gasteiger partial charge < -0.3 is 4.74 Å². The Morgan fingerprint density at radius 3 is 1.92 bits per heavy atom. The monoisotopic (exact) mass is 350 g/mol. The van der Waals surface area contributed by atoms with E-state index >= 15 is 0 Å². The second kappa shape index (κ2) is 9.94. The topological polar surface area (TPSA) is 43.4 Å². The second-order valence-electron chi connectivity index (χ2n) is 8.62. The van der Waals surface area contributed by atoms with Crippen LogP contribution in [-0.2, 0) is 14.3 Å². The Bertz CT molecular complexity index is 494. The average molecular weight is 351 g/mol. The highest BCUT2D eigenvalue weighted by Gasteiger charge is 2.46. The molecule has 3 heteroatoms. The molecule has 0 amide bonds. The molecule has 1 unspecified atom stereocenters. The lowest BCUT2D eigenvalue weighted by Crippen LogP contribution is -2.45. The van der Waals surface area contributed by atoms with Crippen LogP contribution >= 0.6 is 0 Å². The van der Waals surface area contributed by atoms with Crippen molar-refractivity contribution in [3.63, 3.8) is 0 Å². The van der Waals surface area contributed by atoms with Crippen molar-refractivity contribution in [2.75, 3.05) is 6.61 Å². The van der Waals surface area contributed by atoms with Crippen molar-refractivity contribution in [1.82, 2.24) is 0 Å². The molecule has 0 saturated carbocycles. The third-order valence-electron chi connectivity index (χ3n) is 5.46. The van der Waals surface area contributed by atoms with Gasteiger partial charge in [-0.1, -0.05) is 67.5 Å². The summed E-state index contributed by atoms with van der Waals surface area (Å²) in [5.74, 6) is 0.138. The molecule has 0 bridgehead atoms. The van der Waals surface area contributed by atoms with Crippen LogP contribution in [0.25, 0.3) is 0 Å². The molecule has 0 aromatic rings. The molecule has 0 aromatic heterocycles. The molecule has 25 heavy (non-hydrogen) atoms. The molecular weight excluding hydrogens is 312 g/mol. The number of ketones is 1. The maximum Gasteiger partial charge on any atom is 0.333 e. The van der Waals surface area contributed by atoms with E-state index in [-0.39, 0.29) is 23.1 Å². The minimum absolute atomic E-state index is 0.103. The lowest BCUT2D eigenvalue weighted by Gasteiger charge is -2.44. The van der Waals surface area contributed by atoms with E-state index in [1.165, 1.54) is 0 Å². The summed E-state index contributed by atoms with van der Waals surface area (Å²) in [6, 6.07) is 0. The smallest absolute Gasteiger partial charge is 0.333 e. The molecule has 0 fully saturated rings. The fraction of sp³-hybridized carbons (Fsp3) is 0.727. The summed E-state index contributed by atoms with van der Waals surface area (Å²) in [5, 5.41) is 0. The first kappa shape index (κ1) is 23.6. The first-order chi connectivity index (χ1) is 11.4. The molecule has 0 aliphatic carbocycles. The molecule has 144 valence electrons. The average Bonchev–Trinajstić information content (AvgIpc) is 2.50. The zero-order chi connectivity index (χ0) is 19.8. The number of hydrogen-bond donors (Lipinski definition) is 0. The van der Waals surface area contributed by atoms with E-state index in [1.54, 1.807) is 6.92 Å². The highest BCUT2D eigenvalue weighted by atomic mass is 16.5. The number of Topliss-reactive ketones (excluding diaryl/α,β-unsaturated/α-hetero) is 1. The second-order valence-corrected chi connectivity index (χ2v) is 8.62. The summed E-state index contributed by atoms with van der Waals surface area (Å²) in [6.45, 7) is 22.4. The number of ether oxygens (including phenoxy) is 1. The summed E-state index contributed by atoms with van der Waals surface area (Å²) < 4.78 is 5.07. The van der Waals surface area contributed by atoms with E-state index in [1.807, 2.05) is 0 Å². The van der Waals surface area contributed by atoms with E-state index in [4.69, 9.17) is 4.74 Å². The number of unbranched alkanes of at least 4 members (excludes halogenated alkanes) is 3. The minimum Gasteiger partial charge on any atom is -0.462 e. The maximum absolute atomic E-state index is 13.0. The van der Waals surface area contributed by atoms with Crippen molar-refractivity contribution in [3.8, 4) is 0 Å². The van der Waals surface area contributed by atoms with Crippen LogP contribution in [0.4, 0.5) is 0 Å². The molecule has 1 atom stereocenters.